The molecule has 0 atom stereocenters. The zero-order chi connectivity index (χ0) is 24.1. The van der Waals surface area contributed by atoms with Gasteiger partial charge in [-0.3, -0.25) is 19.1 Å². The van der Waals surface area contributed by atoms with Gasteiger partial charge in [0.15, 0.2) is 5.69 Å². The minimum atomic E-state index is -0.728. The molecule has 0 aliphatic carbocycles. The number of para-hydroxylation sites is 1. The molecule has 3 aromatic rings. The summed E-state index contributed by atoms with van der Waals surface area (Å²) in [5.41, 5.74) is 5.68. The summed E-state index contributed by atoms with van der Waals surface area (Å²) in [6.07, 6.45) is 4.24. The number of nitrogen functional groups attached to an aromatic ring is 1. The fraction of sp³-hybridized carbons (Fsp3) is 0.391. The van der Waals surface area contributed by atoms with Gasteiger partial charge in [0, 0.05) is 13.1 Å². The van der Waals surface area contributed by atoms with Crippen LogP contribution in [-0.2, 0) is 6.54 Å². The Morgan fingerprint density at radius 3 is 2.55 bits per heavy atom. The molecule has 10 heteroatoms. The Morgan fingerprint density at radius 2 is 1.88 bits per heavy atom. The van der Waals surface area contributed by atoms with Crippen LogP contribution < -0.4 is 21.9 Å². The molecule has 3 rings (SSSR count). The highest BCUT2D eigenvalue weighted by Gasteiger charge is 2.27. The molecule has 33 heavy (non-hydrogen) atoms. The van der Waals surface area contributed by atoms with Crippen LogP contribution in [0.2, 0.25) is 0 Å². The van der Waals surface area contributed by atoms with Crippen molar-refractivity contribution in [1.29, 1.82) is 0 Å². The summed E-state index contributed by atoms with van der Waals surface area (Å²) in [5, 5.41) is 4.20. The van der Waals surface area contributed by atoms with Gasteiger partial charge in [0.1, 0.15) is 17.3 Å². The molecule has 3 N–H and O–H groups in total. The number of halogens is 1. The molecule has 1 amide bonds. The number of H-pyrrole nitrogens is 1. The van der Waals surface area contributed by atoms with Crippen molar-refractivity contribution < 1.29 is 9.18 Å². The van der Waals surface area contributed by atoms with E-state index in [4.69, 9.17) is 5.73 Å². The van der Waals surface area contributed by atoms with Crippen molar-refractivity contribution in [2.24, 2.45) is 0 Å². The molecule has 2 heterocycles. The molecule has 9 nitrogen and oxygen atoms in total. The Kier molecular flexibility index (Phi) is 7.47. The smallest absolute Gasteiger partial charge is 0.330 e. The van der Waals surface area contributed by atoms with Gasteiger partial charge in [0.05, 0.1) is 17.5 Å². The number of carbonyl (C=O) groups excluding carboxylic acids is 1. The Bertz CT molecular complexity index is 1260. The van der Waals surface area contributed by atoms with Gasteiger partial charge in [0.2, 0.25) is 0 Å². The highest BCUT2D eigenvalue weighted by Crippen LogP contribution is 2.23. The van der Waals surface area contributed by atoms with Gasteiger partial charge in [-0.1, -0.05) is 38.8 Å². The Balaban J connectivity index is 2.10. The fourth-order valence-electron chi connectivity index (χ4n) is 3.64. The molecule has 0 bridgehead atoms. The number of anilines is 2. The van der Waals surface area contributed by atoms with Gasteiger partial charge in [-0.25, -0.2) is 13.9 Å². The molecule has 1 aromatic carbocycles. The topological polar surface area (TPSA) is 119 Å². The van der Waals surface area contributed by atoms with Crippen molar-refractivity contribution in [2.75, 3.05) is 17.2 Å². The van der Waals surface area contributed by atoms with Gasteiger partial charge < -0.3 is 10.6 Å². The van der Waals surface area contributed by atoms with Crippen LogP contribution in [0.3, 0.4) is 0 Å². The number of carbonyl (C=O) groups is 1. The van der Waals surface area contributed by atoms with E-state index in [0.29, 0.717) is 25.1 Å². The standard InChI is InChI=1S/C23H29FN6O3/c1-4-6-12-28(19-20(25)29(13-7-5-2)23(33)27-21(19)31)22(32)16-14-26-30(15(16)3)18-11-9-8-10-17(18)24/h8-11,14H,4-7,12-13,25H2,1-3H3,(H,27,31,33). The van der Waals surface area contributed by atoms with Crippen LogP contribution in [0.5, 0.6) is 0 Å². The van der Waals surface area contributed by atoms with Crippen molar-refractivity contribution in [3.8, 4) is 5.69 Å². The number of aromatic amines is 1. The van der Waals surface area contributed by atoms with Crippen LogP contribution in [0.1, 0.15) is 55.6 Å². The normalized spacial score (nSPS) is 11.0. The van der Waals surface area contributed by atoms with E-state index >= 15 is 0 Å². The van der Waals surface area contributed by atoms with E-state index in [2.05, 4.69) is 10.1 Å². The second kappa shape index (κ2) is 10.3. The maximum absolute atomic E-state index is 14.3. The van der Waals surface area contributed by atoms with Gasteiger partial charge in [0.25, 0.3) is 11.5 Å². The molecule has 0 unspecified atom stereocenters. The predicted molar refractivity (Wildman–Crippen MR) is 125 cm³/mol. The summed E-state index contributed by atoms with van der Waals surface area (Å²) in [5.74, 6) is -1.03. The van der Waals surface area contributed by atoms with Crippen molar-refractivity contribution in [3.63, 3.8) is 0 Å². The van der Waals surface area contributed by atoms with Crippen molar-refractivity contribution in [2.45, 2.75) is 53.0 Å². The van der Waals surface area contributed by atoms with Gasteiger partial charge in [-0.15, -0.1) is 0 Å². The zero-order valence-electron chi connectivity index (χ0n) is 19.1. The van der Waals surface area contributed by atoms with Gasteiger partial charge in [-0.2, -0.15) is 5.10 Å². The summed E-state index contributed by atoms with van der Waals surface area (Å²) in [7, 11) is 0. The maximum Gasteiger partial charge on any atom is 0.330 e. The minimum absolute atomic E-state index is 0.0548. The molecule has 0 radical (unpaired) electrons. The highest BCUT2D eigenvalue weighted by molar-refractivity contribution is 6.07. The number of hydrogen-bond acceptors (Lipinski definition) is 5. The van der Waals surface area contributed by atoms with Gasteiger partial charge >= 0.3 is 5.69 Å². The number of unbranched alkanes of at least 4 members (excludes halogenated alkanes) is 2. The SMILES string of the molecule is CCCCN(C(=O)c1cnn(-c2ccccc2F)c1C)c1c(N)n(CCCC)c(=O)[nH]c1=O. The van der Waals surface area contributed by atoms with E-state index < -0.39 is 23.0 Å². The van der Waals surface area contributed by atoms with Crippen LogP contribution in [0.15, 0.2) is 40.1 Å². The summed E-state index contributed by atoms with van der Waals surface area (Å²) in [6, 6.07) is 6.11. The quantitative estimate of drug-likeness (QED) is 0.513. The van der Waals surface area contributed by atoms with Crippen molar-refractivity contribution in [3.05, 3.63) is 68.4 Å². The van der Waals surface area contributed by atoms with E-state index in [1.807, 2.05) is 13.8 Å². The van der Waals surface area contributed by atoms with Crippen molar-refractivity contribution in [1.82, 2.24) is 19.3 Å². The lowest BCUT2D eigenvalue weighted by atomic mass is 10.2. The monoisotopic (exact) mass is 456 g/mol. The molecular weight excluding hydrogens is 427 g/mol. The largest absolute Gasteiger partial charge is 0.383 e. The van der Waals surface area contributed by atoms with Gasteiger partial charge in [-0.05, 0) is 31.9 Å². The third-order valence-electron chi connectivity index (χ3n) is 5.52. The van der Waals surface area contributed by atoms with E-state index in [9.17, 15) is 18.8 Å². The van der Waals surface area contributed by atoms with Crippen LogP contribution in [0, 0.1) is 12.7 Å². The van der Waals surface area contributed by atoms with E-state index in [-0.39, 0.29) is 29.3 Å². The fourth-order valence-corrected chi connectivity index (χ4v) is 3.64. The van der Waals surface area contributed by atoms with E-state index in [0.717, 1.165) is 12.8 Å². The molecule has 176 valence electrons. The molecule has 0 aliphatic rings. The summed E-state index contributed by atoms with van der Waals surface area (Å²) in [4.78, 5) is 42.3. The number of nitrogens with zero attached hydrogens (tertiary/aromatic N) is 4. The molecule has 0 saturated carbocycles. The first-order valence-corrected chi connectivity index (χ1v) is 11.1. The molecule has 0 fully saturated rings. The zero-order valence-corrected chi connectivity index (χ0v) is 19.1. The number of nitrogens with one attached hydrogen (secondary N) is 1. The second-order valence-electron chi connectivity index (χ2n) is 7.82. The predicted octanol–water partition coefficient (Wildman–Crippen LogP) is 3.00. The number of rotatable bonds is 9. The lowest BCUT2D eigenvalue weighted by molar-refractivity contribution is 0.0985. The summed E-state index contributed by atoms with van der Waals surface area (Å²) >= 11 is 0. The first kappa shape index (κ1) is 24.0. The summed E-state index contributed by atoms with van der Waals surface area (Å²) in [6.45, 7) is 6.13. The average molecular weight is 457 g/mol. The van der Waals surface area contributed by atoms with Crippen LogP contribution in [0.4, 0.5) is 15.9 Å². The highest BCUT2D eigenvalue weighted by atomic mass is 19.1. The third-order valence-corrected chi connectivity index (χ3v) is 5.52. The number of benzene rings is 1. The lowest BCUT2D eigenvalue weighted by Gasteiger charge is -2.24. The molecule has 0 saturated heterocycles. The van der Waals surface area contributed by atoms with Crippen LogP contribution >= 0.6 is 0 Å². The first-order chi connectivity index (χ1) is 15.8. The van der Waals surface area contributed by atoms with Crippen molar-refractivity contribution >= 4 is 17.4 Å². The minimum Gasteiger partial charge on any atom is -0.383 e. The average Bonchev–Trinajstić information content (AvgIpc) is 3.16. The number of hydrogen-bond donors (Lipinski definition) is 2. The third kappa shape index (κ3) is 4.74. The molecule has 0 spiro atoms. The first-order valence-electron chi connectivity index (χ1n) is 11.1. The Labute approximate surface area is 190 Å². The van der Waals surface area contributed by atoms with Crippen LogP contribution in [0.25, 0.3) is 5.69 Å². The molecule has 0 aliphatic heterocycles. The Morgan fingerprint density at radius 1 is 1.18 bits per heavy atom. The maximum atomic E-state index is 14.3. The lowest BCUT2D eigenvalue weighted by Crippen LogP contribution is -2.41. The number of aromatic nitrogens is 4. The number of nitrogens with two attached hydrogens (primary N) is 1. The molecular formula is C23H29FN6O3. The van der Waals surface area contributed by atoms with E-state index in [1.165, 1.54) is 26.4 Å². The Hall–Kier alpha value is -3.69. The number of amides is 1. The van der Waals surface area contributed by atoms with E-state index in [1.54, 1.807) is 25.1 Å². The van der Waals surface area contributed by atoms with Crippen LogP contribution in [-0.4, -0.2) is 31.8 Å². The molecule has 2 aromatic heterocycles. The summed E-state index contributed by atoms with van der Waals surface area (Å²) < 4.78 is 16.9. The second-order valence-corrected chi connectivity index (χ2v) is 7.82.